The molecule has 4 rings (SSSR count). The summed E-state index contributed by atoms with van der Waals surface area (Å²) in [6.45, 7) is 7.75. The minimum Gasteiger partial charge on any atom is -0.371 e. The van der Waals surface area contributed by atoms with Crippen LogP contribution in [0.3, 0.4) is 0 Å². The predicted molar refractivity (Wildman–Crippen MR) is 108 cm³/mol. The third kappa shape index (κ3) is 5.00. The van der Waals surface area contributed by atoms with E-state index in [0.29, 0.717) is 12.5 Å². The molecule has 28 heavy (non-hydrogen) atoms. The molecule has 0 N–H and O–H groups in total. The SMILES string of the molecule is CCCC[C@@H]1CN(C(=O)CN2CCN(c3ncccn3)CC2)C[C@H](C2CC2)O1. The third-order valence-corrected chi connectivity index (χ3v) is 6.14. The van der Waals surface area contributed by atoms with E-state index in [1.54, 1.807) is 12.4 Å². The Morgan fingerprint density at radius 1 is 1.14 bits per heavy atom. The average molecular weight is 388 g/mol. The van der Waals surface area contributed by atoms with Gasteiger partial charge in [-0.05, 0) is 31.2 Å². The summed E-state index contributed by atoms with van der Waals surface area (Å²) < 4.78 is 6.32. The Hall–Kier alpha value is -1.73. The molecule has 3 aliphatic rings. The first-order valence-electron chi connectivity index (χ1n) is 10.9. The molecule has 2 atom stereocenters. The van der Waals surface area contributed by atoms with E-state index in [9.17, 15) is 4.79 Å². The van der Waals surface area contributed by atoms with Crippen molar-refractivity contribution in [2.45, 2.75) is 51.2 Å². The number of carbonyl (C=O) groups excluding carboxylic acids is 1. The highest BCUT2D eigenvalue weighted by Gasteiger charge is 2.39. The van der Waals surface area contributed by atoms with Crippen LogP contribution in [0.1, 0.15) is 39.0 Å². The van der Waals surface area contributed by atoms with Crippen molar-refractivity contribution >= 4 is 11.9 Å². The van der Waals surface area contributed by atoms with E-state index < -0.39 is 0 Å². The molecule has 0 radical (unpaired) electrons. The van der Waals surface area contributed by atoms with Gasteiger partial charge in [0, 0.05) is 51.7 Å². The maximum absolute atomic E-state index is 13.0. The van der Waals surface area contributed by atoms with E-state index in [1.165, 1.54) is 25.7 Å². The van der Waals surface area contributed by atoms with Gasteiger partial charge < -0.3 is 14.5 Å². The first-order chi connectivity index (χ1) is 13.7. The van der Waals surface area contributed by atoms with Gasteiger partial charge in [-0.3, -0.25) is 9.69 Å². The normalized spacial score (nSPS) is 26.5. The first kappa shape index (κ1) is 19.6. The number of aromatic nitrogens is 2. The lowest BCUT2D eigenvalue weighted by atomic mass is 10.1. The van der Waals surface area contributed by atoms with Crippen molar-refractivity contribution in [1.82, 2.24) is 19.8 Å². The van der Waals surface area contributed by atoms with E-state index in [2.05, 4.69) is 31.6 Å². The van der Waals surface area contributed by atoms with E-state index in [1.807, 2.05) is 6.07 Å². The quantitative estimate of drug-likeness (QED) is 0.711. The minimum absolute atomic E-state index is 0.218. The van der Waals surface area contributed by atoms with E-state index >= 15 is 0 Å². The van der Waals surface area contributed by atoms with Crippen molar-refractivity contribution in [3.05, 3.63) is 18.5 Å². The number of ether oxygens (including phenoxy) is 1. The zero-order valence-corrected chi connectivity index (χ0v) is 17.0. The Morgan fingerprint density at radius 2 is 1.89 bits per heavy atom. The van der Waals surface area contributed by atoms with Gasteiger partial charge in [0.15, 0.2) is 0 Å². The van der Waals surface area contributed by atoms with E-state index in [4.69, 9.17) is 4.74 Å². The molecule has 2 aliphatic heterocycles. The van der Waals surface area contributed by atoms with Gasteiger partial charge in [-0.2, -0.15) is 0 Å². The summed E-state index contributed by atoms with van der Waals surface area (Å²) in [4.78, 5) is 28.2. The molecule has 0 spiro atoms. The number of anilines is 1. The number of hydrogen-bond donors (Lipinski definition) is 0. The smallest absolute Gasteiger partial charge is 0.236 e. The molecule has 7 nitrogen and oxygen atoms in total. The molecule has 1 aromatic heterocycles. The number of morpholine rings is 1. The van der Waals surface area contributed by atoms with Gasteiger partial charge in [-0.1, -0.05) is 19.8 Å². The van der Waals surface area contributed by atoms with Crippen LogP contribution in [0.4, 0.5) is 5.95 Å². The van der Waals surface area contributed by atoms with Crippen molar-refractivity contribution in [3.8, 4) is 0 Å². The maximum atomic E-state index is 13.0. The van der Waals surface area contributed by atoms with E-state index in [-0.39, 0.29) is 18.1 Å². The molecule has 1 saturated carbocycles. The molecule has 1 amide bonds. The van der Waals surface area contributed by atoms with Crippen LogP contribution in [-0.2, 0) is 9.53 Å². The fourth-order valence-corrected chi connectivity index (χ4v) is 4.25. The molecule has 1 aromatic rings. The van der Waals surface area contributed by atoms with Crippen molar-refractivity contribution in [2.75, 3.05) is 50.7 Å². The van der Waals surface area contributed by atoms with Gasteiger partial charge >= 0.3 is 0 Å². The Bertz CT molecular complexity index is 631. The molecule has 3 fully saturated rings. The molecule has 0 unspecified atom stereocenters. The van der Waals surface area contributed by atoms with Crippen LogP contribution in [0.5, 0.6) is 0 Å². The predicted octanol–water partition coefficient (Wildman–Crippen LogP) is 1.79. The van der Waals surface area contributed by atoms with E-state index in [0.717, 1.165) is 51.6 Å². The largest absolute Gasteiger partial charge is 0.371 e. The molecule has 3 heterocycles. The van der Waals surface area contributed by atoms with Gasteiger partial charge in [0.25, 0.3) is 0 Å². The number of rotatable bonds is 7. The third-order valence-electron chi connectivity index (χ3n) is 6.14. The van der Waals surface area contributed by atoms with Crippen molar-refractivity contribution < 1.29 is 9.53 Å². The summed E-state index contributed by atoms with van der Waals surface area (Å²) in [5.41, 5.74) is 0. The summed E-state index contributed by atoms with van der Waals surface area (Å²) in [5.74, 6) is 1.72. The molecular weight excluding hydrogens is 354 g/mol. The Labute approximate surface area is 168 Å². The number of nitrogens with zero attached hydrogens (tertiary/aromatic N) is 5. The Morgan fingerprint density at radius 3 is 2.57 bits per heavy atom. The average Bonchev–Trinajstić information content (AvgIpc) is 3.59. The molecule has 154 valence electrons. The lowest BCUT2D eigenvalue weighted by molar-refractivity contribution is -0.149. The van der Waals surface area contributed by atoms with Crippen LogP contribution in [-0.4, -0.2) is 83.7 Å². The van der Waals surface area contributed by atoms with Crippen molar-refractivity contribution in [1.29, 1.82) is 0 Å². The molecule has 0 bridgehead atoms. The summed E-state index contributed by atoms with van der Waals surface area (Å²) in [5, 5.41) is 0. The molecule has 7 heteroatoms. The second kappa shape index (κ2) is 9.18. The van der Waals surface area contributed by atoms with Gasteiger partial charge in [0.1, 0.15) is 0 Å². The molecular formula is C21H33N5O2. The highest BCUT2D eigenvalue weighted by Crippen LogP contribution is 2.37. The topological polar surface area (TPSA) is 61.8 Å². The lowest BCUT2D eigenvalue weighted by Crippen LogP contribution is -2.55. The zero-order chi connectivity index (χ0) is 19.3. The Balaban J connectivity index is 1.28. The number of hydrogen-bond acceptors (Lipinski definition) is 6. The number of amides is 1. The van der Waals surface area contributed by atoms with Crippen LogP contribution in [0.2, 0.25) is 0 Å². The van der Waals surface area contributed by atoms with Crippen LogP contribution >= 0.6 is 0 Å². The van der Waals surface area contributed by atoms with Gasteiger partial charge in [0.05, 0.1) is 18.8 Å². The number of piperazine rings is 1. The lowest BCUT2D eigenvalue weighted by Gasteiger charge is -2.40. The van der Waals surface area contributed by atoms with Crippen LogP contribution < -0.4 is 4.90 Å². The Kier molecular flexibility index (Phi) is 6.42. The van der Waals surface area contributed by atoms with Crippen molar-refractivity contribution in [2.24, 2.45) is 5.92 Å². The van der Waals surface area contributed by atoms with Gasteiger partial charge in [0.2, 0.25) is 11.9 Å². The van der Waals surface area contributed by atoms with Crippen LogP contribution in [0, 0.1) is 5.92 Å². The highest BCUT2D eigenvalue weighted by atomic mass is 16.5. The summed E-state index contributed by atoms with van der Waals surface area (Å²) >= 11 is 0. The standard InChI is InChI=1S/C21H33N5O2/c1-2-3-5-18-14-26(15-19(28-18)17-6-7-17)20(27)16-24-10-12-25(13-11-24)21-22-8-4-9-23-21/h4,8-9,17-19H,2-3,5-7,10-16H2,1H3/t18-,19-/m1/s1. The van der Waals surface area contributed by atoms with Crippen LogP contribution in [0.25, 0.3) is 0 Å². The molecule has 0 aromatic carbocycles. The monoisotopic (exact) mass is 387 g/mol. The minimum atomic E-state index is 0.218. The second-order valence-corrected chi connectivity index (χ2v) is 8.39. The van der Waals surface area contributed by atoms with Crippen LogP contribution in [0.15, 0.2) is 18.5 Å². The van der Waals surface area contributed by atoms with Gasteiger partial charge in [-0.15, -0.1) is 0 Å². The summed E-state index contributed by atoms with van der Waals surface area (Å²) in [6, 6.07) is 1.84. The fraction of sp³-hybridized carbons (Fsp3) is 0.762. The second-order valence-electron chi connectivity index (χ2n) is 8.39. The fourth-order valence-electron chi connectivity index (χ4n) is 4.25. The van der Waals surface area contributed by atoms with Crippen molar-refractivity contribution in [3.63, 3.8) is 0 Å². The summed E-state index contributed by atoms with van der Waals surface area (Å²) in [7, 11) is 0. The highest BCUT2D eigenvalue weighted by molar-refractivity contribution is 5.78. The summed E-state index contributed by atoms with van der Waals surface area (Å²) in [6.07, 6.45) is 9.98. The maximum Gasteiger partial charge on any atom is 0.236 e. The number of unbranched alkanes of at least 4 members (excludes halogenated alkanes) is 1. The molecule has 2 saturated heterocycles. The van der Waals surface area contributed by atoms with Gasteiger partial charge in [-0.25, -0.2) is 9.97 Å². The first-order valence-corrected chi connectivity index (χ1v) is 10.9. The molecule has 1 aliphatic carbocycles. The number of carbonyl (C=O) groups is 1. The zero-order valence-electron chi connectivity index (χ0n) is 17.0.